The average molecular weight is 436 g/mol. The minimum Gasteiger partial charge on any atom is -0.497 e. The molecule has 168 valence electrons. The van der Waals surface area contributed by atoms with Gasteiger partial charge < -0.3 is 19.2 Å². The second kappa shape index (κ2) is 9.44. The molecule has 1 aromatic heterocycles. The van der Waals surface area contributed by atoms with Crippen molar-refractivity contribution in [2.45, 2.75) is 25.3 Å². The number of hydrogen-bond acceptors (Lipinski definition) is 6. The zero-order chi connectivity index (χ0) is 22.7. The Morgan fingerprint density at radius 2 is 1.75 bits per heavy atom. The third-order valence-corrected chi connectivity index (χ3v) is 6.08. The van der Waals surface area contributed by atoms with Crippen LogP contribution in [0, 0.1) is 6.92 Å². The van der Waals surface area contributed by atoms with Gasteiger partial charge >= 0.3 is 0 Å². The molecule has 1 N–H and O–H groups in total. The Morgan fingerprint density at radius 3 is 2.41 bits per heavy atom. The number of H-pyrrole nitrogens is 1. The number of benzene rings is 2. The van der Waals surface area contributed by atoms with E-state index in [9.17, 15) is 4.79 Å². The third-order valence-electron chi connectivity index (χ3n) is 6.08. The van der Waals surface area contributed by atoms with E-state index >= 15 is 0 Å². The molecule has 3 aromatic rings. The lowest BCUT2D eigenvalue weighted by molar-refractivity contribution is 0.306. The SMILES string of the molecule is COc1ccc([C@@H]2CN(Cc3cccc(OC)c3OC)C[C@H]2c2cc(=O)[nH]c(C)n2)cc1. The van der Waals surface area contributed by atoms with E-state index in [1.165, 1.54) is 5.56 Å². The molecule has 0 amide bonds. The van der Waals surface area contributed by atoms with E-state index in [1.807, 2.05) is 31.2 Å². The number of rotatable bonds is 7. The summed E-state index contributed by atoms with van der Waals surface area (Å²) in [6.07, 6.45) is 0. The fourth-order valence-corrected chi connectivity index (χ4v) is 4.61. The molecule has 32 heavy (non-hydrogen) atoms. The molecule has 2 heterocycles. The van der Waals surface area contributed by atoms with Gasteiger partial charge in [-0.2, -0.15) is 0 Å². The summed E-state index contributed by atoms with van der Waals surface area (Å²) in [5.41, 5.74) is 2.98. The van der Waals surface area contributed by atoms with E-state index in [4.69, 9.17) is 14.2 Å². The Hall–Kier alpha value is -3.32. The number of nitrogens with one attached hydrogen (secondary N) is 1. The lowest BCUT2D eigenvalue weighted by atomic mass is 9.86. The van der Waals surface area contributed by atoms with Gasteiger partial charge in [0, 0.05) is 43.1 Å². The first kappa shape index (κ1) is 21.9. The molecule has 0 bridgehead atoms. The van der Waals surface area contributed by atoms with E-state index in [-0.39, 0.29) is 17.4 Å². The fourth-order valence-electron chi connectivity index (χ4n) is 4.61. The highest BCUT2D eigenvalue weighted by molar-refractivity contribution is 5.46. The van der Waals surface area contributed by atoms with Gasteiger partial charge in [0.05, 0.1) is 27.0 Å². The summed E-state index contributed by atoms with van der Waals surface area (Å²) < 4.78 is 16.4. The topological polar surface area (TPSA) is 76.7 Å². The minimum absolute atomic E-state index is 0.0981. The first-order valence-corrected chi connectivity index (χ1v) is 10.7. The molecule has 7 nitrogen and oxygen atoms in total. The Balaban J connectivity index is 1.67. The van der Waals surface area contributed by atoms with Gasteiger partial charge in [0.2, 0.25) is 0 Å². The molecule has 2 atom stereocenters. The number of ether oxygens (including phenoxy) is 3. The lowest BCUT2D eigenvalue weighted by Crippen LogP contribution is -2.21. The van der Waals surface area contributed by atoms with Crippen LogP contribution in [0.3, 0.4) is 0 Å². The maximum absolute atomic E-state index is 12.2. The van der Waals surface area contributed by atoms with E-state index in [0.29, 0.717) is 12.4 Å². The molecule has 2 aromatic carbocycles. The summed E-state index contributed by atoms with van der Waals surface area (Å²) in [6, 6.07) is 15.7. The molecule has 0 unspecified atom stereocenters. The normalized spacial score (nSPS) is 18.5. The van der Waals surface area contributed by atoms with Crippen LogP contribution in [-0.4, -0.2) is 49.3 Å². The van der Waals surface area contributed by atoms with Gasteiger partial charge in [-0.15, -0.1) is 0 Å². The molecule has 1 aliphatic rings. The smallest absolute Gasteiger partial charge is 0.251 e. The number of hydrogen-bond donors (Lipinski definition) is 1. The Morgan fingerprint density at radius 1 is 1.00 bits per heavy atom. The molecule has 1 aliphatic heterocycles. The summed E-state index contributed by atoms with van der Waals surface area (Å²) in [6.45, 7) is 4.16. The fraction of sp³-hybridized carbons (Fsp3) is 0.360. The van der Waals surface area contributed by atoms with Gasteiger partial charge in [-0.05, 0) is 30.7 Å². The van der Waals surface area contributed by atoms with E-state index in [2.05, 4.69) is 33.1 Å². The van der Waals surface area contributed by atoms with Crippen molar-refractivity contribution in [2.24, 2.45) is 0 Å². The highest BCUT2D eigenvalue weighted by Crippen LogP contribution is 2.41. The highest BCUT2D eigenvalue weighted by Gasteiger charge is 2.36. The quantitative estimate of drug-likeness (QED) is 0.612. The zero-order valence-corrected chi connectivity index (χ0v) is 18.9. The number of likely N-dealkylation sites (tertiary alicyclic amines) is 1. The molecule has 4 rings (SSSR count). The van der Waals surface area contributed by atoms with Crippen molar-refractivity contribution in [1.29, 1.82) is 0 Å². The van der Waals surface area contributed by atoms with Crippen molar-refractivity contribution in [3.05, 3.63) is 81.5 Å². The number of aromatic amines is 1. The molecular formula is C25H29N3O4. The van der Waals surface area contributed by atoms with Gasteiger partial charge in [-0.1, -0.05) is 24.3 Å². The molecular weight excluding hydrogens is 406 g/mol. The van der Waals surface area contributed by atoms with Crippen LogP contribution in [0.1, 0.15) is 34.5 Å². The minimum atomic E-state index is -0.117. The number of methoxy groups -OCH3 is 3. The molecule has 0 saturated carbocycles. The zero-order valence-electron chi connectivity index (χ0n) is 18.9. The van der Waals surface area contributed by atoms with Crippen molar-refractivity contribution < 1.29 is 14.2 Å². The number of nitrogens with zero attached hydrogens (tertiary/aromatic N) is 2. The largest absolute Gasteiger partial charge is 0.497 e. The predicted octanol–water partition coefficient (Wildman–Crippen LogP) is 3.49. The summed E-state index contributed by atoms with van der Waals surface area (Å²) >= 11 is 0. The third kappa shape index (κ3) is 4.48. The summed E-state index contributed by atoms with van der Waals surface area (Å²) in [4.78, 5) is 22.0. The van der Waals surface area contributed by atoms with Crippen molar-refractivity contribution in [3.63, 3.8) is 0 Å². The van der Waals surface area contributed by atoms with E-state index in [0.717, 1.165) is 41.6 Å². The first-order valence-electron chi connectivity index (χ1n) is 10.7. The van der Waals surface area contributed by atoms with Crippen molar-refractivity contribution >= 4 is 0 Å². The van der Waals surface area contributed by atoms with Gasteiger partial charge in [-0.25, -0.2) is 4.98 Å². The number of aryl methyl sites for hydroxylation is 1. The Labute approximate surface area is 188 Å². The maximum Gasteiger partial charge on any atom is 0.251 e. The first-order chi connectivity index (χ1) is 15.5. The monoisotopic (exact) mass is 435 g/mol. The average Bonchev–Trinajstić information content (AvgIpc) is 3.22. The molecule has 7 heteroatoms. The number of aromatic nitrogens is 2. The Kier molecular flexibility index (Phi) is 6.46. The van der Waals surface area contributed by atoms with Crippen LogP contribution in [0.2, 0.25) is 0 Å². The van der Waals surface area contributed by atoms with Crippen LogP contribution < -0.4 is 19.8 Å². The number of para-hydroxylation sites is 1. The second-order valence-corrected chi connectivity index (χ2v) is 8.09. The van der Waals surface area contributed by atoms with E-state index in [1.54, 1.807) is 27.4 Å². The van der Waals surface area contributed by atoms with Crippen LogP contribution in [0.4, 0.5) is 0 Å². The standard InChI is InChI=1S/C25H29N3O4/c1-16-26-22(12-24(29)27-16)21-15-28(13-18-6-5-7-23(31-3)25(18)32-4)14-20(21)17-8-10-19(30-2)11-9-17/h5-12,20-21H,13-15H2,1-4H3,(H,26,27,29)/t20-,21+/m0/s1. The van der Waals surface area contributed by atoms with Gasteiger partial charge in [-0.3, -0.25) is 9.69 Å². The van der Waals surface area contributed by atoms with Crippen LogP contribution in [0.25, 0.3) is 0 Å². The molecule has 1 fully saturated rings. The van der Waals surface area contributed by atoms with Gasteiger partial charge in [0.15, 0.2) is 11.5 Å². The van der Waals surface area contributed by atoms with Gasteiger partial charge in [0.25, 0.3) is 5.56 Å². The summed E-state index contributed by atoms with van der Waals surface area (Å²) in [7, 11) is 4.98. The maximum atomic E-state index is 12.2. The molecule has 1 saturated heterocycles. The molecule has 0 aliphatic carbocycles. The van der Waals surface area contributed by atoms with Crippen molar-refractivity contribution in [2.75, 3.05) is 34.4 Å². The van der Waals surface area contributed by atoms with Gasteiger partial charge in [0.1, 0.15) is 11.6 Å². The van der Waals surface area contributed by atoms with Crippen LogP contribution in [0.5, 0.6) is 17.2 Å². The van der Waals surface area contributed by atoms with Crippen LogP contribution in [-0.2, 0) is 6.54 Å². The summed E-state index contributed by atoms with van der Waals surface area (Å²) in [5.74, 6) is 3.23. The second-order valence-electron chi connectivity index (χ2n) is 8.09. The van der Waals surface area contributed by atoms with E-state index < -0.39 is 0 Å². The highest BCUT2D eigenvalue weighted by atomic mass is 16.5. The molecule has 0 spiro atoms. The van der Waals surface area contributed by atoms with Crippen LogP contribution >= 0.6 is 0 Å². The van der Waals surface area contributed by atoms with Crippen LogP contribution in [0.15, 0.2) is 53.3 Å². The Bertz CT molecular complexity index is 1130. The lowest BCUT2D eigenvalue weighted by Gasteiger charge is -2.19. The molecule has 0 radical (unpaired) electrons. The van der Waals surface area contributed by atoms with Crippen molar-refractivity contribution in [3.8, 4) is 17.2 Å². The predicted molar refractivity (Wildman–Crippen MR) is 123 cm³/mol. The summed E-state index contributed by atoms with van der Waals surface area (Å²) in [5, 5.41) is 0. The van der Waals surface area contributed by atoms with Crippen molar-refractivity contribution in [1.82, 2.24) is 14.9 Å².